The number of urea groups is 1. The molecule has 1 atom stereocenters. The molecule has 0 saturated carbocycles. The maximum Gasteiger partial charge on any atom is 0.332 e. The normalized spacial score (nSPS) is 15.3. The molecule has 0 aromatic heterocycles. The lowest BCUT2D eigenvalue weighted by atomic mass is 10.1. The summed E-state index contributed by atoms with van der Waals surface area (Å²) in [6, 6.07) is 19.0. The molecule has 1 aliphatic rings. The number of imide groups is 1. The topological polar surface area (TPSA) is 88.2 Å². The summed E-state index contributed by atoms with van der Waals surface area (Å²) < 4.78 is 10.4. The minimum Gasteiger partial charge on any atom is -0.497 e. The van der Waals surface area contributed by atoms with Crippen molar-refractivity contribution in [3.63, 3.8) is 0 Å². The summed E-state index contributed by atoms with van der Waals surface area (Å²) in [5.41, 5.74) is 1.71. The van der Waals surface area contributed by atoms with Crippen molar-refractivity contribution in [1.29, 1.82) is 0 Å². The van der Waals surface area contributed by atoms with Crippen LogP contribution in [0.2, 0.25) is 5.02 Å². The van der Waals surface area contributed by atoms with Gasteiger partial charge in [-0.05, 0) is 54.1 Å². The molecular weight excluding hydrogens is 470 g/mol. The predicted octanol–water partition coefficient (Wildman–Crippen LogP) is 4.72. The van der Waals surface area contributed by atoms with Gasteiger partial charge in [-0.1, -0.05) is 29.8 Å². The fourth-order valence-electron chi connectivity index (χ4n) is 3.85. The van der Waals surface area contributed by atoms with Crippen LogP contribution in [0.25, 0.3) is 0 Å². The average Bonchev–Trinajstić information content (AvgIpc) is 3.09. The lowest BCUT2D eigenvalue weighted by Crippen LogP contribution is -2.37. The zero-order chi connectivity index (χ0) is 24.9. The molecule has 1 heterocycles. The molecule has 0 bridgehead atoms. The summed E-state index contributed by atoms with van der Waals surface area (Å²) in [5, 5.41) is 3.30. The van der Waals surface area contributed by atoms with Gasteiger partial charge in [0.15, 0.2) is 0 Å². The number of carbonyl (C=O) groups excluding carboxylic acids is 3. The molecule has 35 heavy (non-hydrogen) atoms. The van der Waals surface area contributed by atoms with Crippen LogP contribution in [0.3, 0.4) is 0 Å². The van der Waals surface area contributed by atoms with Crippen LogP contribution >= 0.6 is 11.6 Å². The number of nitrogens with zero attached hydrogens (tertiary/aromatic N) is 2. The van der Waals surface area contributed by atoms with Gasteiger partial charge in [-0.2, -0.15) is 0 Å². The Labute approximate surface area is 208 Å². The SMILES string of the molecule is COc1ccc(CN2C(=O)N(c3cccc(OC)c3)C(=O)[C@H]2CC(=O)Nc2ccc(Cl)cc2)cc1. The molecule has 0 radical (unpaired) electrons. The van der Waals surface area contributed by atoms with Crippen LogP contribution in [-0.2, 0) is 16.1 Å². The number of rotatable bonds is 8. The first-order chi connectivity index (χ1) is 16.9. The summed E-state index contributed by atoms with van der Waals surface area (Å²) in [6.07, 6.45) is -0.205. The van der Waals surface area contributed by atoms with Gasteiger partial charge in [-0.3, -0.25) is 9.59 Å². The van der Waals surface area contributed by atoms with Crippen molar-refractivity contribution in [1.82, 2.24) is 4.90 Å². The summed E-state index contributed by atoms with van der Waals surface area (Å²) in [5.74, 6) is 0.303. The fraction of sp³-hybridized carbons (Fsp3) is 0.192. The van der Waals surface area contributed by atoms with Gasteiger partial charge in [0.2, 0.25) is 5.91 Å². The second kappa shape index (κ2) is 10.5. The highest BCUT2D eigenvalue weighted by Crippen LogP contribution is 2.31. The third-order valence-electron chi connectivity index (χ3n) is 5.65. The first-order valence-electron chi connectivity index (χ1n) is 10.9. The van der Waals surface area contributed by atoms with Crippen LogP contribution in [0.1, 0.15) is 12.0 Å². The van der Waals surface area contributed by atoms with Crippen LogP contribution in [0.4, 0.5) is 16.2 Å². The van der Waals surface area contributed by atoms with Gasteiger partial charge in [0.05, 0.1) is 26.3 Å². The quantitative estimate of drug-likeness (QED) is 0.458. The molecule has 1 aliphatic heterocycles. The number of benzene rings is 3. The number of amides is 4. The van der Waals surface area contributed by atoms with E-state index in [-0.39, 0.29) is 13.0 Å². The lowest BCUT2D eigenvalue weighted by Gasteiger charge is -2.22. The minimum absolute atomic E-state index is 0.147. The zero-order valence-corrected chi connectivity index (χ0v) is 20.0. The summed E-state index contributed by atoms with van der Waals surface area (Å²) in [6.45, 7) is 0.147. The largest absolute Gasteiger partial charge is 0.497 e. The molecule has 4 rings (SSSR count). The average molecular weight is 494 g/mol. The predicted molar refractivity (Wildman–Crippen MR) is 133 cm³/mol. The second-order valence-electron chi connectivity index (χ2n) is 7.91. The molecule has 0 aliphatic carbocycles. The molecule has 4 amide bonds. The van der Waals surface area contributed by atoms with Crippen LogP contribution in [0, 0.1) is 0 Å². The number of hydrogen-bond acceptors (Lipinski definition) is 5. The summed E-state index contributed by atoms with van der Waals surface area (Å²) in [4.78, 5) is 42.2. The van der Waals surface area contributed by atoms with E-state index in [1.54, 1.807) is 67.8 Å². The maximum absolute atomic E-state index is 13.5. The zero-order valence-electron chi connectivity index (χ0n) is 19.2. The van der Waals surface area contributed by atoms with Crippen molar-refractivity contribution in [2.24, 2.45) is 0 Å². The highest BCUT2D eigenvalue weighted by atomic mass is 35.5. The van der Waals surface area contributed by atoms with Crippen molar-refractivity contribution >= 4 is 40.8 Å². The molecule has 0 spiro atoms. The molecule has 1 fully saturated rings. The monoisotopic (exact) mass is 493 g/mol. The molecule has 3 aromatic rings. The number of halogens is 1. The van der Waals surface area contributed by atoms with E-state index < -0.39 is 23.9 Å². The molecule has 180 valence electrons. The Morgan fingerprint density at radius 1 is 0.943 bits per heavy atom. The number of ether oxygens (including phenoxy) is 2. The van der Waals surface area contributed by atoms with Gasteiger partial charge < -0.3 is 19.7 Å². The summed E-state index contributed by atoms with van der Waals surface area (Å²) >= 11 is 5.91. The third-order valence-corrected chi connectivity index (χ3v) is 5.90. The van der Waals surface area contributed by atoms with Crippen LogP contribution in [0.15, 0.2) is 72.8 Å². The first-order valence-corrected chi connectivity index (χ1v) is 11.2. The summed E-state index contributed by atoms with van der Waals surface area (Å²) in [7, 11) is 3.08. The smallest absolute Gasteiger partial charge is 0.332 e. The number of hydrogen-bond donors (Lipinski definition) is 1. The molecular formula is C26H24ClN3O5. The van der Waals surface area contributed by atoms with Gasteiger partial charge in [-0.15, -0.1) is 0 Å². The van der Waals surface area contributed by atoms with E-state index in [4.69, 9.17) is 21.1 Å². The highest BCUT2D eigenvalue weighted by Gasteiger charge is 2.46. The number of methoxy groups -OCH3 is 2. The van der Waals surface area contributed by atoms with Crippen molar-refractivity contribution in [3.8, 4) is 11.5 Å². The Morgan fingerprint density at radius 2 is 1.63 bits per heavy atom. The second-order valence-corrected chi connectivity index (χ2v) is 8.35. The number of nitrogens with one attached hydrogen (secondary N) is 1. The first kappa shape index (κ1) is 24.1. The van der Waals surface area contributed by atoms with Crippen molar-refractivity contribution in [2.45, 2.75) is 19.0 Å². The third kappa shape index (κ3) is 5.38. The van der Waals surface area contributed by atoms with Gasteiger partial charge >= 0.3 is 6.03 Å². The van der Waals surface area contributed by atoms with Crippen molar-refractivity contribution < 1.29 is 23.9 Å². The molecule has 1 saturated heterocycles. The van der Waals surface area contributed by atoms with Crippen molar-refractivity contribution in [3.05, 3.63) is 83.4 Å². The van der Waals surface area contributed by atoms with Gasteiger partial charge in [0.25, 0.3) is 5.91 Å². The van der Waals surface area contributed by atoms with E-state index in [1.165, 1.54) is 12.0 Å². The molecule has 8 nitrogen and oxygen atoms in total. The maximum atomic E-state index is 13.5. The van der Waals surface area contributed by atoms with Gasteiger partial charge in [0.1, 0.15) is 17.5 Å². The van der Waals surface area contributed by atoms with E-state index in [1.807, 2.05) is 12.1 Å². The Balaban J connectivity index is 1.61. The van der Waals surface area contributed by atoms with Gasteiger partial charge in [0, 0.05) is 23.3 Å². The van der Waals surface area contributed by atoms with E-state index in [2.05, 4.69) is 5.32 Å². The fourth-order valence-corrected chi connectivity index (χ4v) is 3.98. The number of anilines is 2. The highest BCUT2D eigenvalue weighted by molar-refractivity contribution is 6.30. The standard InChI is InChI=1S/C26H24ClN3O5/c1-34-21-12-6-17(7-13-21)16-29-23(15-24(31)28-19-10-8-18(27)9-11-19)25(32)30(26(29)33)20-4-3-5-22(14-20)35-2/h3-14,23H,15-16H2,1-2H3,(H,28,31)/t23-/m1/s1. The van der Waals surface area contributed by atoms with Crippen LogP contribution in [0.5, 0.6) is 11.5 Å². The van der Waals surface area contributed by atoms with Gasteiger partial charge in [-0.25, -0.2) is 9.69 Å². The van der Waals surface area contributed by atoms with Crippen LogP contribution < -0.4 is 19.7 Å². The Morgan fingerprint density at radius 3 is 2.29 bits per heavy atom. The van der Waals surface area contributed by atoms with E-state index >= 15 is 0 Å². The van der Waals surface area contributed by atoms with E-state index in [9.17, 15) is 14.4 Å². The Hall–Kier alpha value is -4.04. The molecule has 1 N–H and O–H groups in total. The van der Waals surface area contributed by atoms with Crippen molar-refractivity contribution in [2.75, 3.05) is 24.4 Å². The molecule has 0 unspecified atom stereocenters. The lowest BCUT2D eigenvalue weighted by molar-refractivity contribution is -0.124. The minimum atomic E-state index is -0.983. The Bertz CT molecular complexity index is 1230. The Kier molecular flexibility index (Phi) is 7.22. The number of carbonyl (C=O) groups is 3. The van der Waals surface area contributed by atoms with E-state index in [0.717, 1.165) is 10.5 Å². The molecule has 9 heteroatoms. The van der Waals surface area contributed by atoms with Crippen LogP contribution in [-0.4, -0.2) is 43.0 Å². The molecule has 3 aromatic carbocycles. The van der Waals surface area contributed by atoms with E-state index in [0.29, 0.717) is 27.9 Å².